The molecule has 3 aromatic rings. The molecule has 2 N–H and O–H groups in total. The quantitative estimate of drug-likeness (QED) is 0.607. The Kier molecular flexibility index (Phi) is 5.92. The van der Waals surface area contributed by atoms with Gasteiger partial charge in [0.05, 0.1) is 12.1 Å². The summed E-state index contributed by atoms with van der Waals surface area (Å²) in [5, 5.41) is 13.7. The summed E-state index contributed by atoms with van der Waals surface area (Å²) in [5.41, 5.74) is 1.17. The van der Waals surface area contributed by atoms with E-state index >= 15 is 0 Å². The minimum atomic E-state index is -1.10. The number of halogens is 3. The highest BCUT2D eigenvalue weighted by molar-refractivity contribution is 6.29. The molecule has 30 heavy (non-hydrogen) atoms. The van der Waals surface area contributed by atoms with Gasteiger partial charge in [-0.1, -0.05) is 30.5 Å². The number of nitrogens with zero attached hydrogens (tertiary/aromatic N) is 2. The molecule has 0 unspecified atom stereocenters. The largest absolute Gasteiger partial charge is 0.391 e. The van der Waals surface area contributed by atoms with Crippen molar-refractivity contribution in [1.82, 2.24) is 15.3 Å². The highest BCUT2D eigenvalue weighted by Gasteiger charge is 2.26. The number of fused-ring (bicyclic) bond motifs is 1. The lowest BCUT2D eigenvalue weighted by Gasteiger charge is -2.28. The first-order valence-electron chi connectivity index (χ1n) is 9.79. The van der Waals surface area contributed by atoms with Crippen LogP contribution in [0.5, 0.6) is 0 Å². The zero-order chi connectivity index (χ0) is 21.3. The summed E-state index contributed by atoms with van der Waals surface area (Å²) in [6, 6.07) is 7.09. The number of aliphatic hydroxyl groups is 1. The minimum absolute atomic E-state index is 0.0262. The molecule has 4 rings (SSSR count). The second kappa shape index (κ2) is 8.62. The third-order valence-corrected chi connectivity index (χ3v) is 5.64. The van der Waals surface area contributed by atoms with Crippen LogP contribution < -0.4 is 5.32 Å². The number of carbonyl (C=O) groups is 1. The van der Waals surface area contributed by atoms with Gasteiger partial charge >= 0.3 is 0 Å². The summed E-state index contributed by atoms with van der Waals surface area (Å²) in [6.07, 6.45) is 4.38. The Bertz CT molecular complexity index is 1090. The van der Waals surface area contributed by atoms with Crippen molar-refractivity contribution in [2.24, 2.45) is 0 Å². The minimum Gasteiger partial charge on any atom is -0.391 e. The number of carbonyl (C=O) groups excluding carboxylic acids is 1. The average Bonchev–Trinajstić information content (AvgIpc) is 2.74. The van der Waals surface area contributed by atoms with Crippen LogP contribution in [0.2, 0.25) is 5.15 Å². The van der Waals surface area contributed by atoms with E-state index in [2.05, 4.69) is 15.3 Å². The third-order valence-electron chi connectivity index (χ3n) is 5.42. The Morgan fingerprint density at radius 3 is 2.73 bits per heavy atom. The molecule has 2 atom stereocenters. The predicted molar refractivity (Wildman–Crippen MR) is 109 cm³/mol. The second-order valence-electron chi connectivity index (χ2n) is 7.52. The van der Waals surface area contributed by atoms with E-state index in [1.54, 1.807) is 24.4 Å². The molecule has 0 saturated heterocycles. The molecule has 2 heterocycles. The molecule has 5 nitrogen and oxygen atoms in total. The van der Waals surface area contributed by atoms with Gasteiger partial charge in [-0.05, 0) is 54.7 Å². The molecule has 1 aromatic carbocycles. The Balaban J connectivity index is 1.73. The van der Waals surface area contributed by atoms with Crippen molar-refractivity contribution >= 4 is 28.4 Å². The number of hydrogen-bond acceptors (Lipinski definition) is 4. The molecule has 0 bridgehead atoms. The van der Waals surface area contributed by atoms with E-state index in [9.17, 15) is 18.7 Å². The number of aromatic nitrogens is 2. The highest BCUT2D eigenvalue weighted by Crippen LogP contribution is 2.26. The number of aliphatic hydroxyl groups excluding tert-OH is 1. The number of pyridine rings is 2. The van der Waals surface area contributed by atoms with Crippen molar-refractivity contribution in [2.75, 3.05) is 0 Å². The Morgan fingerprint density at radius 1 is 1.20 bits per heavy atom. The Labute approximate surface area is 177 Å². The van der Waals surface area contributed by atoms with E-state index in [1.165, 1.54) is 6.07 Å². The lowest BCUT2D eigenvalue weighted by Crippen LogP contribution is -2.45. The van der Waals surface area contributed by atoms with Crippen molar-refractivity contribution in [3.05, 3.63) is 70.1 Å². The third kappa shape index (κ3) is 4.27. The monoisotopic (exact) mass is 431 g/mol. The van der Waals surface area contributed by atoms with Gasteiger partial charge in [-0.25, -0.2) is 18.7 Å². The van der Waals surface area contributed by atoms with Gasteiger partial charge in [0, 0.05) is 11.6 Å². The molecule has 156 valence electrons. The topological polar surface area (TPSA) is 75.1 Å². The summed E-state index contributed by atoms with van der Waals surface area (Å²) in [5.74, 6) is -2.66. The summed E-state index contributed by atoms with van der Waals surface area (Å²) in [7, 11) is 0. The number of amides is 1. The van der Waals surface area contributed by atoms with Crippen LogP contribution in [0.3, 0.4) is 0 Å². The van der Waals surface area contributed by atoms with E-state index in [0.29, 0.717) is 35.4 Å². The SMILES string of the molecule is O=C(N[C@H]1CCCC[C@@H]1O)c1cc(Cc2ccc(Cl)nc2)c2ccc(F)c(F)c2n1. The summed E-state index contributed by atoms with van der Waals surface area (Å²) in [6.45, 7) is 0. The molecule has 8 heteroatoms. The zero-order valence-corrected chi connectivity index (χ0v) is 16.8. The van der Waals surface area contributed by atoms with Crippen molar-refractivity contribution < 1.29 is 18.7 Å². The van der Waals surface area contributed by atoms with E-state index in [0.717, 1.165) is 24.5 Å². The normalized spacial score (nSPS) is 19.1. The van der Waals surface area contributed by atoms with Crippen LogP contribution >= 0.6 is 11.6 Å². The van der Waals surface area contributed by atoms with Gasteiger partial charge < -0.3 is 10.4 Å². The smallest absolute Gasteiger partial charge is 0.270 e. The fourth-order valence-corrected chi connectivity index (χ4v) is 3.93. The maximum Gasteiger partial charge on any atom is 0.270 e. The molecular weight excluding hydrogens is 412 g/mol. The number of nitrogens with one attached hydrogen (secondary N) is 1. The van der Waals surface area contributed by atoms with Crippen LogP contribution in [-0.2, 0) is 6.42 Å². The molecule has 1 aliphatic carbocycles. The lowest BCUT2D eigenvalue weighted by atomic mass is 9.92. The van der Waals surface area contributed by atoms with Crippen LogP contribution in [0.4, 0.5) is 8.78 Å². The van der Waals surface area contributed by atoms with Crippen LogP contribution in [0, 0.1) is 11.6 Å². The number of rotatable bonds is 4. The highest BCUT2D eigenvalue weighted by atomic mass is 35.5. The van der Waals surface area contributed by atoms with Crippen molar-refractivity contribution in [1.29, 1.82) is 0 Å². The summed E-state index contributed by atoms with van der Waals surface area (Å²) >= 11 is 5.83. The van der Waals surface area contributed by atoms with Crippen LogP contribution in [0.15, 0.2) is 36.5 Å². The van der Waals surface area contributed by atoms with E-state index < -0.39 is 23.6 Å². The van der Waals surface area contributed by atoms with Gasteiger partial charge in [0.25, 0.3) is 5.91 Å². The fourth-order valence-electron chi connectivity index (χ4n) is 3.82. The summed E-state index contributed by atoms with van der Waals surface area (Å²) in [4.78, 5) is 21.0. The van der Waals surface area contributed by atoms with Crippen LogP contribution in [0.25, 0.3) is 10.9 Å². The van der Waals surface area contributed by atoms with Gasteiger partial charge in [0.2, 0.25) is 0 Å². The molecule has 0 aliphatic heterocycles. The first-order chi connectivity index (χ1) is 14.4. The van der Waals surface area contributed by atoms with Gasteiger partial charge in [-0.2, -0.15) is 0 Å². The molecule has 2 aromatic heterocycles. The van der Waals surface area contributed by atoms with Gasteiger partial charge in [0.15, 0.2) is 11.6 Å². The second-order valence-corrected chi connectivity index (χ2v) is 7.91. The van der Waals surface area contributed by atoms with Crippen LogP contribution in [0.1, 0.15) is 47.3 Å². The molecule has 0 spiro atoms. The van der Waals surface area contributed by atoms with Crippen LogP contribution in [-0.4, -0.2) is 33.1 Å². The average molecular weight is 432 g/mol. The van der Waals surface area contributed by atoms with E-state index in [-0.39, 0.29) is 17.3 Å². The molecule has 1 fully saturated rings. The summed E-state index contributed by atoms with van der Waals surface area (Å²) < 4.78 is 28.3. The number of benzene rings is 1. The Morgan fingerprint density at radius 2 is 2.00 bits per heavy atom. The predicted octanol–water partition coefficient (Wildman–Crippen LogP) is 4.19. The lowest BCUT2D eigenvalue weighted by molar-refractivity contribution is 0.0714. The van der Waals surface area contributed by atoms with Gasteiger partial charge in [-0.15, -0.1) is 0 Å². The standard InChI is InChI=1S/C22H20ClF2N3O2/c23-19-8-5-12(11-26-19)9-13-10-17(22(30)28-16-3-1-2-4-18(16)29)27-21-14(13)6-7-15(24)20(21)25/h5-8,10-11,16,18,29H,1-4,9H2,(H,28,30)/t16-,18-/m0/s1. The fraction of sp³-hybridized carbons (Fsp3) is 0.318. The maximum absolute atomic E-state index is 14.5. The molecular formula is C22H20ClF2N3O2. The molecule has 1 amide bonds. The van der Waals surface area contributed by atoms with E-state index in [1.807, 2.05) is 0 Å². The Hall–Kier alpha value is -2.64. The van der Waals surface area contributed by atoms with Gasteiger partial charge in [-0.3, -0.25) is 4.79 Å². The first-order valence-corrected chi connectivity index (χ1v) is 10.2. The molecule has 1 aliphatic rings. The van der Waals surface area contributed by atoms with Crippen molar-refractivity contribution in [3.8, 4) is 0 Å². The van der Waals surface area contributed by atoms with Crippen molar-refractivity contribution in [3.63, 3.8) is 0 Å². The van der Waals surface area contributed by atoms with E-state index in [4.69, 9.17) is 11.6 Å². The van der Waals surface area contributed by atoms with Crippen molar-refractivity contribution in [2.45, 2.75) is 44.2 Å². The number of hydrogen-bond donors (Lipinski definition) is 2. The molecule has 0 radical (unpaired) electrons. The van der Waals surface area contributed by atoms with Gasteiger partial charge in [0.1, 0.15) is 16.4 Å². The molecule has 1 saturated carbocycles. The zero-order valence-electron chi connectivity index (χ0n) is 16.0. The first kappa shape index (κ1) is 20.6. The maximum atomic E-state index is 14.5.